The average molecular weight is 325 g/mol. The van der Waals surface area contributed by atoms with Crippen LogP contribution >= 0.6 is 11.6 Å². The molecule has 0 radical (unpaired) electrons. The highest BCUT2D eigenvalue weighted by molar-refractivity contribution is 6.30. The molecule has 0 spiro atoms. The molecule has 4 heteroatoms. The quantitative estimate of drug-likeness (QED) is 0.815. The van der Waals surface area contributed by atoms with Crippen LogP contribution in [0.1, 0.15) is 41.7 Å². The molecular formula is C19H17ClN2O. The number of hydrogen-bond acceptors (Lipinski definition) is 3. The number of nitrogens with zero attached hydrogens (tertiary/aromatic N) is 1. The van der Waals surface area contributed by atoms with Gasteiger partial charge in [-0.15, -0.1) is 0 Å². The first-order valence-electron chi connectivity index (χ1n) is 7.94. The largest absolute Gasteiger partial charge is 0.378 e. The van der Waals surface area contributed by atoms with Gasteiger partial charge in [0.25, 0.3) is 0 Å². The Morgan fingerprint density at radius 1 is 1.17 bits per heavy atom. The second-order valence-electron chi connectivity index (χ2n) is 6.18. The van der Waals surface area contributed by atoms with Gasteiger partial charge < -0.3 is 10.1 Å². The highest BCUT2D eigenvalue weighted by Gasteiger charge is 2.39. The molecule has 3 atom stereocenters. The number of nitriles is 1. The monoisotopic (exact) mass is 324 g/mol. The topological polar surface area (TPSA) is 45.0 Å². The minimum atomic E-state index is 0.0827. The van der Waals surface area contributed by atoms with Gasteiger partial charge in [0, 0.05) is 28.8 Å². The van der Waals surface area contributed by atoms with E-state index in [0.717, 1.165) is 35.7 Å². The fourth-order valence-corrected chi connectivity index (χ4v) is 3.92. The second kappa shape index (κ2) is 5.88. The number of ether oxygens (including phenoxy) is 1. The van der Waals surface area contributed by atoms with Crippen LogP contribution in [0.2, 0.25) is 5.02 Å². The first-order chi connectivity index (χ1) is 11.3. The van der Waals surface area contributed by atoms with Crippen molar-refractivity contribution in [1.82, 2.24) is 0 Å². The number of fused-ring (bicyclic) bond motifs is 3. The third-order valence-electron chi connectivity index (χ3n) is 4.83. The van der Waals surface area contributed by atoms with Gasteiger partial charge in [0.05, 0.1) is 23.8 Å². The molecular weight excluding hydrogens is 308 g/mol. The predicted octanol–water partition coefficient (Wildman–Crippen LogP) is 4.85. The molecule has 4 rings (SSSR count). The second-order valence-corrected chi connectivity index (χ2v) is 6.62. The zero-order valence-electron chi connectivity index (χ0n) is 12.6. The number of nitrogens with one attached hydrogen (secondary N) is 1. The van der Waals surface area contributed by atoms with Crippen molar-refractivity contribution in [3.63, 3.8) is 0 Å². The molecule has 0 amide bonds. The highest BCUT2D eigenvalue weighted by atomic mass is 35.5. The summed E-state index contributed by atoms with van der Waals surface area (Å²) < 4.78 is 6.11. The Bertz CT molecular complexity index is 766. The van der Waals surface area contributed by atoms with E-state index in [9.17, 15) is 0 Å². The van der Waals surface area contributed by atoms with Gasteiger partial charge in [0.2, 0.25) is 0 Å². The summed E-state index contributed by atoms with van der Waals surface area (Å²) in [5.41, 5.74) is 4.14. The van der Waals surface area contributed by atoms with Gasteiger partial charge in [-0.3, -0.25) is 0 Å². The van der Waals surface area contributed by atoms with Crippen LogP contribution in [0, 0.1) is 17.2 Å². The van der Waals surface area contributed by atoms with Crippen LogP contribution in [-0.2, 0) is 4.74 Å². The lowest BCUT2D eigenvalue weighted by Crippen LogP contribution is -2.35. The molecule has 3 nitrogen and oxygen atoms in total. The molecule has 0 bridgehead atoms. The van der Waals surface area contributed by atoms with E-state index in [1.54, 1.807) is 0 Å². The molecule has 1 saturated heterocycles. The molecule has 0 aliphatic carbocycles. The van der Waals surface area contributed by atoms with Gasteiger partial charge in [-0.25, -0.2) is 0 Å². The van der Waals surface area contributed by atoms with E-state index in [0.29, 0.717) is 11.5 Å². The van der Waals surface area contributed by atoms with E-state index in [1.807, 2.05) is 42.5 Å². The summed E-state index contributed by atoms with van der Waals surface area (Å²) in [5, 5.41) is 13.4. The van der Waals surface area contributed by atoms with Crippen LogP contribution in [0.3, 0.4) is 0 Å². The Morgan fingerprint density at radius 2 is 2.00 bits per heavy atom. The first-order valence-corrected chi connectivity index (χ1v) is 8.32. The van der Waals surface area contributed by atoms with Gasteiger partial charge in [0.1, 0.15) is 0 Å². The Kier molecular flexibility index (Phi) is 3.72. The molecule has 2 aliphatic rings. The lowest BCUT2D eigenvalue weighted by atomic mass is 9.77. The number of rotatable bonds is 1. The van der Waals surface area contributed by atoms with E-state index in [1.165, 1.54) is 5.56 Å². The summed E-state index contributed by atoms with van der Waals surface area (Å²) in [6.45, 7) is 0.799. The van der Waals surface area contributed by atoms with E-state index in [2.05, 4.69) is 11.4 Å². The van der Waals surface area contributed by atoms with Crippen LogP contribution in [0.25, 0.3) is 0 Å². The van der Waals surface area contributed by atoms with Crippen LogP contribution in [0.15, 0.2) is 42.5 Å². The maximum atomic E-state index is 8.98. The highest BCUT2D eigenvalue weighted by Crippen LogP contribution is 2.49. The summed E-state index contributed by atoms with van der Waals surface area (Å²) >= 11 is 6.18. The third-order valence-corrected chi connectivity index (χ3v) is 5.06. The van der Waals surface area contributed by atoms with Crippen molar-refractivity contribution in [1.29, 1.82) is 5.26 Å². The predicted molar refractivity (Wildman–Crippen MR) is 90.4 cm³/mol. The lowest BCUT2D eigenvalue weighted by molar-refractivity contribution is -0.0381. The minimum absolute atomic E-state index is 0.0827. The van der Waals surface area contributed by atoms with Crippen molar-refractivity contribution < 1.29 is 4.74 Å². The first kappa shape index (κ1) is 14.6. The summed E-state index contributed by atoms with van der Waals surface area (Å²) in [6.07, 6.45) is 2.28. The molecule has 2 aromatic carbocycles. The Hall–Kier alpha value is -2.02. The fraction of sp³-hybridized carbons (Fsp3) is 0.316. The summed E-state index contributed by atoms with van der Waals surface area (Å²) in [4.78, 5) is 0. The van der Waals surface area contributed by atoms with Gasteiger partial charge in [-0.05, 0) is 48.7 Å². The average Bonchev–Trinajstić information content (AvgIpc) is 2.61. The molecule has 2 heterocycles. The molecule has 0 aromatic heterocycles. The van der Waals surface area contributed by atoms with Crippen LogP contribution in [-0.4, -0.2) is 6.61 Å². The normalized spacial score (nSPS) is 25.7. The summed E-state index contributed by atoms with van der Waals surface area (Å²) in [7, 11) is 0. The third kappa shape index (κ3) is 2.59. The van der Waals surface area contributed by atoms with Crippen LogP contribution < -0.4 is 5.32 Å². The molecule has 2 aromatic rings. The SMILES string of the molecule is N#Cc1ccc([C@H]2Nc3ccc(Cl)cc3[C@@H]3OCCC[C@H]23)cc1. The van der Waals surface area contributed by atoms with Gasteiger partial charge in [-0.1, -0.05) is 23.7 Å². The van der Waals surface area contributed by atoms with E-state index < -0.39 is 0 Å². The van der Waals surface area contributed by atoms with E-state index >= 15 is 0 Å². The number of benzene rings is 2. The molecule has 0 saturated carbocycles. The summed E-state index contributed by atoms with van der Waals surface area (Å²) in [5.74, 6) is 0.377. The minimum Gasteiger partial charge on any atom is -0.378 e. The van der Waals surface area contributed by atoms with Crippen LogP contribution in [0.4, 0.5) is 5.69 Å². The smallest absolute Gasteiger partial charge is 0.0991 e. The van der Waals surface area contributed by atoms with Gasteiger partial charge >= 0.3 is 0 Å². The van der Waals surface area contributed by atoms with Crippen molar-refractivity contribution in [2.24, 2.45) is 5.92 Å². The van der Waals surface area contributed by atoms with E-state index in [-0.39, 0.29) is 12.1 Å². The number of halogens is 1. The van der Waals surface area contributed by atoms with Gasteiger partial charge in [0.15, 0.2) is 0 Å². The lowest BCUT2D eigenvalue weighted by Gasteiger charge is -2.43. The Labute approximate surface area is 140 Å². The Morgan fingerprint density at radius 3 is 2.78 bits per heavy atom. The standard InChI is InChI=1S/C19H17ClN2O/c20-14-7-8-17-16(10-14)19-15(2-1-9-23-19)18(22-17)13-5-3-12(11-21)4-6-13/h3-8,10,15,18-19,22H,1-2,9H2/t15-,18-,19-/m1/s1. The van der Waals surface area contributed by atoms with Crippen molar-refractivity contribution >= 4 is 17.3 Å². The van der Waals surface area contributed by atoms with Crippen molar-refractivity contribution in [3.8, 4) is 6.07 Å². The van der Waals surface area contributed by atoms with Crippen LogP contribution in [0.5, 0.6) is 0 Å². The zero-order chi connectivity index (χ0) is 15.8. The molecule has 1 fully saturated rings. The number of anilines is 1. The maximum absolute atomic E-state index is 8.98. The molecule has 1 N–H and O–H groups in total. The Balaban J connectivity index is 1.75. The molecule has 2 aliphatic heterocycles. The van der Waals surface area contributed by atoms with Crippen molar-refractivity contribution in [2.75, 3.05) is 11.9 Å². The fourth-order valence-electron chi connectivity index (χ4n) is 3.74. The number of hydrogen-bond donors (Lipinski definition) is 1. The van der Waals surface area contributed by atoms with Gasteiger partial charge in [-0.2, -0.15) is 5.26 Å². The molecule has 116 valence electrons. The van der Waals surface area contributed by atoms with Crippen molar-refractivity contribution in [3.05, 3.63) is 64.2 Å². The molecule has 0 unspecified atom stereocenters. The summed E-state index contributed by atoms with van der Waals surface area (Å²) in [6, 6.07) is 16.2. The van der Waals surface area contributed by atoms with Crippen molar-refractivity contribution in [2.45, 2.75) is 25.0 Å². The van der Waals surface area contributed by atoms with E-state index in [4.69, 9.17) is 21.6 Å². The molecule has 23 heavy (non-hydrogen) atoms. The maximum Gasteiger partial charge on any atom is 0.0991 e. The zero-order valence-corrected chi connectivity index (χ0v) is 13.4.